The molecular weight excluding hydrogens is 228 g/mol. The van der Waals surface area contributed by atoms with Crippen molar-refractivity contribution in [1.29, 1.82) is 0 Å². The Morgan fingerprint density at radius 1 is 1.33 bits per heavy atom. The molecule has 0 radical (unpaired) electrons. The molecule has 18 heavy (non-hydrogen) atoms. The van der Waals surface area contributed by atoms with E-state index in [1.165, 1.54) is 32.1 Å². The van der Waals surface area contributed by atoms with E-state index in [4.69, 9.17) is 10.5 Å². The number of hydrogen-bond acceptors (Lipinski definition) is 3. The molecule has 106 valence electrons. The molecule has 1 aliphatic rings. The van der Waals surface area contributed by atoms with Crippen LogP contribution in [0.25, 0.3) is 0 Å². The topological polar surface area (TPSA) is 64.4 Å². The zero-order valence-electron chi connectivity index (χ0n) is 11.8. The van der Waals surface area contributed by atoms with Gasteiger partial charge >= 0.3 is 0 Å². The summed E-state index contributed by atoms with van der Waals surface area (Å²) in [6.45, 7) is 5.31. The molecule has 4 nitrogen and oxygen atoms in total. The van der Waals surface area contributed by atoms with Crippen LogP contribution >= 0.6 is 0 Å². The smallest absolute Gasteiger partial charge is 0.237 e. The molecule has 0 aromatic carbocycles. The fourth-order valence-corrected chi connectivity index (χ4v) is 2.19. The lowest BCUT2D eigenvalue weighted by atomic mass is 9.98. The summed E-state index contributed by atoms with van der Waals surface area (Å²) >= 11 is 0. The highest BCUT2D eigenvalue weighted by molar-refractivity contribution is 5.81. The van der Waals surface area contributed by atoms with E-state index >= 15 is 0 Å². The lowest BCUT2D eigenvalue weighted by molar-refractivity contribution is -0.123. The van der Waals surface area contributed by atoms with Gasteiger partial charge in [0.25, 0.3) is 0 Å². The number of carbonyl (C=O) groups is 1. The van der Waals surface area contributed by atoms with E-state index in [2.05, 4.69) is 5.32 Å². The minimum absolute atomic E-state index is 0.0531. The van der Waals surface area contributed by atoms with E-state index in [1.807, 2.05) is 13.8 Å². The second-order valence-electron chi connectivity index (χ2n) is 5.55. The van der Waals surface area contributed by atoms with Gasteiger partial charge in [-0.25, -0.2) is 0 Å². The number of amides is 1. The van der Waals surface area contributed by atoms with Crippen molar-refractivity contribution in [3.05, 3.63) is 0 Å². The van der Waals surface area contributed by atoms with Crippen LogP contribution in [0.3, 0.4) is 0 Å². The molecule has 1 atom stereocenters. The van der Waals surface area contributed by atoms with Gasteiger partial charge < -0.3 is 15.8 Å². The minimum Gasteiger partial charge on any atom is -0.378 e. The average Bonchev–Trinajstić information content (AvgIpc) is 2.38. The van der Waals surface area contributed by atoms with Crippen molar-refractivity contribution in [3.63, 3.8) is 0 Å². The average molecular weight is 256 g/mol. The van der Waals surface area contributed by atoms with Crippen LogP contribution in [0.4, 0.5) is 0 Å². The summed E-state index contributed by atoms with van der Waals surface area (Å²) in [7, 11) is 0. The highest BCUT2D eigenvalue weighted by atomic mass is 16.5. The van der Waals surface area contributed by atoms with E-state index < -0.39 is 6.04 Å². The highest BCUT2D eigenvalue weighted by Gasteiger charge is 2.16. The Kier molecular flexibility index (Phi) is 7.28. The molecular formula is C14H28N2O2. The number of nitrogens with two attached hydrogens (primary N) is 1. The van der Waals surface area contributed by atoms with Crippen LogP contribution in [0.2, 0.25) is 0 Å². The molecule has 0 heterocycles. The van der Waals surface area contributed by atoms with Gasteiger partial charge in [0.15, 0.2) is 0 Å². The first kappa shape index (κ1) is 15.4. The van der Waals surface area contributed by atoms with Gasteiger partial charge in [0.05, 0.1) is 12.1 Å². The third-order valence-electron chi connectivity index (χ3n) is 3.55. The minimum atomic E-state index is -0.399. The molecule has 1 unspecified atom stereocenters. The van der Waals surface area contributed by atoms with Gasteiger partial charge in [-0.3, -0.25) is 4.79 Å². The molecule has 0 saturated heterocycles. The van der Waals surface area contributed by atoms with Gasteiger partial charge in [0.2, 0.25) is 5.91 Å². The third kappa shape index (κ3) is 5.83. The fraction of sp³-hybridized carbons (Fsp3) is 0.929. The SMILES string of the molecule is CC(C)C(N)C(=O)NCCCOC1CCCCC1. The van der Waals surface area contributed by atoms with Crippen molar-refractivity contribution >= 4 is 5.91 Å². The first-order valence-electron chi connectivity index (χ1n) is 7.26. The Morgan fingerprint density at radius 3 is 2.61 bits per heavy atom. The Hall–Kier alpha value is -0.610. The first-order chi connectivity index (χ1) is 8.61. The van der Waals surface area contributed by atoms with Crippen LogP contribution < -0.4 is 11.1 Å². The maximum absolute atomic E-state index is 11.6. The predicted molar refractivity (Wildman–Crippen MR) is 73.3 cm³/mol. The zero-order chi connectivity index (χ0) is 13.4. The molecule has 1 aliphatic carbocycles. The zero-order valence-corrected chi connectivity index (χ0v) is 11.8. The molecule has 4 heteroatoms. The number of ether oxygens (including phenoxy) is 1. The lowest BCUT2D eigenvalue weighted by Gasteiger charge is -2.22. The van der Waals surface area contributed by atoms with Crippen molar-refractivity contribution in [3.8, 4) is 0 Å². The summed E-state index contributed by atoms with van der Waals surface area (Å²) in [6, 6.07) is -0.399. The largest absolute Gasteiger partial charge is 0.378 e. The van der Waals surface area contributed by atoms with Crippen LogP contribution in [0.1, 0.15) is 52.4 Å². The van der Waals surface area contributed by atoms with E-state index in [0.29, 0.717) is 12.6 Å². The Balaban J connectivity index is 1.99. The standard InChI is InChI=1S/C14H28N2O2/c1-11(2)13(15)14(17)16-9-6-10-18-12-7-4-3-5-8-12/h11-13H,3-10,15H2,1-2H3,(H,16,17). The molecule has 3 N–H and O–H groups in total. The lowest BCUT2D eigenvalue weighted by Crippen LogP contribution is -2.44. The fourth-order valence-electron chi connectivity index (χ4n) is 2.19. The molecule has 0 aromatic rings. The maximum Gasteiger partial charge on any atom is 0.237 e. The van der Waals surface area contributed by atoms with Gasteiger partial charge in [-0.05, 0) is 25.2 Å². The van der Waals surface area contributed by atoms with Gasteiger partial charge in [-0.1, -0.05) is 33.1 Å². The second-order valence-corrected chi connectivity index (χ2v) is 5.55. The third-order valence-corrected chi connectivity index (χ3v) is 3.55. The maximum atomic E-state index is 11.6. The van der Waals surface area contributed by atoms with Crippen LogP contribution in [-0.2, 0) is 9.53 Å². The monoisotopic (exact) mass is 256 g/mol. The van der Waals surface area contributed by atoms with E-state index in [9.17, 15) is 4.79 Å². The summed E-state index contributed by atoms with van der Waals surface area (Å²) in [6.07, 6.45) is 7.66. The van der Waals surface area contributed by atoms with E-state index in [1.54, 1.807) is 0 Å². The van der Waals surface area contributed by atoms with Crippen molar-refractivity contribution in [1.82, 2.24) is 5.32 Å². The van der Waals surface area contributed by atoms with Crippen LogP contribution in [-0.4, -0.2) is 31.2 Å². The molecule has 1 amide bonds. The Morgan fingerprint density at radius 2 is 2.00 bits per heavy atom. The van der Waals surface area contributed by atoms with Crippen LogP contribution in [0.15, 0.2) is 0 Å². The van der Waals surface area contributed by atoms with Crippen molar-refractivity contribution in [2.45, 2.75) is 64.5 Å². The molecule has 1 rings (SSSR count). The Bertz CT molecular complexity index is 238. The Labute approximate surface area is 111 Å². The molecule has 0 bridgehead atoms. The summed E-state index contributed by atoms with van der Waals surface area (Å²) in [5, 5.41) is 2.86. The van der Waals surface area contributed by atoms with Gasteiger partial charge in [-0.2, -0.15) is 0 Å². The van der Waals surface area contributed by atoms with Crippen molar-refractivity contribution in [2.75, 3.05) is 13.2 Å². The van der Waals surface area contributed by atoms with Gasteiger partial charge in [0.1, 0.15) is 0 Å². The van der Waals surface area contributed by atoms with Gasteiger partial charge in [-0.15, -0.1) is 0 Å². The molecule has 0 aromatic heterocycles. The summed E-state index contributed by atoms with van der Waals surface area (Å²) < 4.78 is 5.79. The quantitative estimate of drug-likeness (QED) is 0.683. The van der Waals surface area contributed by atoms with E-state index in [-0.39, 0.29) is 11.8 Å². The molecule has 1 fully saturated rings. The number of carbonyl (C=O) groups excluding carboxylic acids is 1. The number of nitrogens with one attached hydrogen (secondary N) is 1. The summed E-state index contributed by atoms with van der Waals surface area (Å²) in [5.41, 5.74) is 5.75. The molecule has 0 spiro atoms. The van der Waals surface area contributed by atoms with Crippen molar-refractivity contribution < 1.29 is 9.53 Å². The predicted octanol–water partition coefficient (Wildman–Crippen LogP) is 1.83. The molecule has 1 saturated carbocycles. The second kappa shape index (κ2) is 8.48. The van der Waals surface area contributed by atoms with E-state index in [0.717, 1.165) is 13.0 Å². The number of hydrogen-bond donors (Lipinski definition) is 2. The normalized spacial score (nSPS) is 18.9. The van der Waals surface area contributed by atoms with Crippen molar-refractivity contribution in [2.24, 2.45) is 11.7 Å². The summed E-state index contributed by atoms with van der Waals surface area (Å²) in [4.78, 5) is 11.6. The molecule has 0 aliphatic heterocycles. The van der Waals surface area contributed by atoms with Crippen LogP contribution in [0, 0.1) is 5.92 Å². The van der Waals surface area contributed by atoms with Crippen LogP contribution in [0.5, 0.6) is 0 Å². The number of rotatable bonds is 7. The first-order valence-corrected chi connectivity index (χ1v) is 7.26. The van der Waals surface area contributed by atoms with Gasteiger partial charge in [0, 0.05) is 13.2 Å². The summed E-state index contributed by atoms with van der Waals surface area (Å²) in [5.74, 6) is 0.131. The highest BCUT2D eigenvalue weighted by Crippen LogP contribution is 2.20.